The summed E-state index contributed by atoms with van der Waals surface area (Å²) in [5.74, 6) is -3.20. The molecule has 1 aromatic rings. The van der Waals surface area contributed by atoms with Crippen LogP contribution in [0, 0.1) is 17.1 Å². The van der Waals surface area contributed by atoms with Gasteiger partial charge in [0.25, 0.3) is 0 Å². The molecule has 5 N–H and O–H groups in total. The van der Waals surface area contributed by atoms with Crippen LogP contribution < -0.4 is 16.4 Å². The van der Waals surface area contributed by atoms with Crippen molar-refractivity contribution in [3.63, 3.8) is 0 Å². The van der Waals surface area contributed by atoms with Crippen LogP contribution in [-0.2, 0) is 9.59 Å². The molecule has 0 aromatic heterocycles. The first-order chi connectivity index (χ1) is 9.85. The zero-order valence-corrected chi connectivity index (χ0v) is 10.6. The van der Waals surface area contributed by atoms with E-state index in [9.17, 15) is 18.8 Å². The molecule has 0 aliphatic heterocycles. The first-order valence-electron chi connectivity index (χ1n) is 5.62. The van der Waals surface area contributed by atoms with E-state index in [-0.39, 0.29) is 5.69 Å². The molecule has 21 heavy (non-hydrogen) atoms. The van der Waals surface area contributed by atoms with Crippen LogP contribution in [0.2, 0.25) is 0 Å². The molecule has 8 nitrogen and oxygen atoms in total. The van der Waals surface area contributed by atoms with Crippen molar-refractivity contribution in [1.29, 1.82) is 5.26 Å². The van der Waals surface area contributed by atoms with Crippen LogP contribution in [0.25, 0.3) is 0 Å². The van der Waals surface area contributed by atoms with E-state index in [1.54, 1.807) is 6.07 Å². The van der Waals surface area contributed by atoms with Gasteiger partial charge in [0.1, 0.15) is 23.5 Å². The van der Waals surface area contributed by atoms with Gasteiger partial charge in [-0.15, -0.1) is 0 Å². The Morgan fingerprint density at radius 3 is 2.62 bits per heavy atom. The van der Waals surface area contributed by atoms with Crippen molar-refractivity contribution >= 4 is 23.6 Å². The van der Waals surface area contributed by atoms with Gasteiger partial charge in [-0.25, -0.2) is 14.0 Å². The fraction of sp³-hybridized carbons (Fsp3) is 0.167. The highest BCUT2D eigenvalue weighted by Gasteiger charge is 2.22. The number of halogens is 1. The van der Waals surface area contributed by atoms with E-state index in [1.807, 2.05) is 5.32 Å². The first-order valence-corrected chi connectivity index (χ1v) is 5.62. The Morgan fingerprint density at radius 2 is 2.10 bits per heavy atom. The Balaban J connectivity index is 2.82. The predicted octanol–water partition coefficient (Wildman–Crippen LogP) is 0.147. The zero-order chi connectivity index (χ0) is 16.0. The van der Waals surface area contributed by atoms with Crippen LogP contribution in [0.5, 0.6) is 0 Å². The Bertz CT molecular complexity index is 626. The number of nitrogens with two attached hydrogens (primary N) is 1. The molecule has 0 fully saturated rings. The van der Waals surface area contributed by atoms with Crippen LogP contribution in [0.15, 0.2) is 18.2 Å². The molecule has 1 atom stereocenters. The lowest BCUT2D eigenvalue weighted by Gasteiger charge is -2.14. The molecule has 9 heteroatoms. The summed E-state index contributed by atoms with van der Waals surface area (Å²) in [5.41, 5.74) is 4.34. The summed E-state index contributed by atoms with van der Waals surface area (Å²) in [7, 11) is 0. The molecule has 0 radical (unpaired) electrons. The van der Waals surface area contributed by atoms with Gasteiger partial charge in [0, 0.05) is 0 Å². The Hall–Kier alpha value is -3.15. The number of benzene rings is 1. The fourth-order valence-corrected chi connectivity index (χ4v) is 1.46. The average molecular weight is 294 g/mol. The molecule has 0 heterocycles. The summed E-state index contributed by atoms with van der Waals surface area (Å²) in [6.07, 6.45) is -0.600. The van der Waals surface area contributed by atoms with E-state index in [1.165, 1.54) is 12.1 Å². The SMILES string of the molecule is N#Cc1c(F)cccc1NC(=O)NC(CC(N)=O)C(=O)O. The molecule has 1 unspecified atom stereocenters. The van der Waals surface area contributed by atoms with Crippen molar-refractivity contribution in [2.45, 2.75) is 12.5 Å². The van der Waals surface area contributed by atoms with Gasteiger partial charge in [0.05, 0.1) is 12.1 Å². The van der Waals surface area contributed by atoms with Crippen LogP contribution >= 0.6 is 0 Å². The summed E-state index contributed by atoms with van der Waals surface area (Å²) in [5, 5.41) is 21.7. The second-order valence-electron chi connectivity index (χ2n) is 3.93. The highest BCUT2D eigenvalue weighted by molar-refractivity contribution is 5.94. The maximum absolute atomic E-state index is 13.3. The molecule has 0 spiro atoms. The van der Waals surface area contributed by atoms with Gasteiger partial charge < -0.3 is 21.5 Å². The number of nitriles is 1. The number of hydrogen-bond acceptors (Lipinski definition) is 4. The lowest BCUT2D eigenvalue weighted by atomic mass is 10.2. The molecule has 0 aliphatic rings. The standard InChI is InChI=1S/C12H11FN4O4/c13-7-2-1-3-8(6(7)5-14)16-12(21)17-9(11(19)20)4-10(15)18/h1-3,9H,4H2,(H2,15,18)(H,19,20)(H2,16,17,21). The van der Waals surface area contributed by atoms with Crippen molar-refractivity contribution in [2.75, 3.05) is 5.32 Å². The topological polar surface area (TPSA) is 145 Å². The van der Waals surface area contributed by atoms with Crippen molar-refractivity contribution in [2.24, 2.45) is 5.73 Å². The Labute approximate surface area is 118 Å². The minimum Gasteiger partial charge on any atom is -0.480 e. The minimum atomic E-state index is -1.53. The molecule has 0 saturated carbocycles. The molecule has 1 aromatic carbocycles. The zero-order valence-electron chi connectivity index (χ0n) is 10.6. The number of carboxylic acid groups (broad SMARTS) is 1. The highest BCUT2D eigenvalue weighted by atomic mass is 19.1. The van der Waals surface area contributed by atoms with Gasteiger partial charge in [-0.05, 0) is 12.1 Å². The number of amides is 3. The highest BCUT2D eigenvalue weighted by Crippen LogP contribution is 2.17. The number of primary amides is 1. The normalized spacial score (nSPS) is 11.0. The Morgan fingerprint density at radius 1 is 1.43 bits per heavy atom. The predicted molar refractivity (Wildman–Crippen MR) is 68.5 cm³/mol. The largest absolute Gasteiger partial charge is 0.480 e. The van der Waals surface area contributed by atoms with Crippen LogP contribution in [0.1, 0.15) is 12.0 Å². The van der Waals surface area contributed by atoms with Crippen LogP contribution in [0.4, 0.5) is 14.9 Å². The third-order valence-electron chi connectivity index (χ3n) is 2.38. The lowest BCUT2D eigenvalue weighted by Crippen LogP contribution is -2.45. The maximum atomic E-state index is 13.3. The summed E-state index contributed by atoms with van der Waals surface area (Å²) in [6, 6.07) is 2.61. The molecular formula is C12H11FN4O4. The second kappa shape index (κ2) is 6.85. The fourth-order valence-electron chi connectivity index (χ4n) is 1.46. The average Bonchev–Trinajstić information content (AvgIpc) is 2.37. The van der Waals surface area contributed by atoms with E-state index in [0.29, 0.717) is 0 Å². The van der Waals surface area contributed by atoms with E-state index >= 15 is 0 Å². The molecular weight excluding hydrogens is 283 g/mol. The van der Waals surface area contributed by atoms with Crippen LogP contribution in [0.3, 0.4) is 0 Å². The summed E-state index contributed by atoms with van der Waals surface area (Å²) >= 11 is 0. The number of rotatable bonds is 5. The number of urea groups is 1. The molecule has 0 bridgehead atoms. The van der Waals surface area contributed by atoms with E-state index in [4.69, 9.17) is 16.1 Å². The van der Waals surface area contributed by atoms with Crippen molar-refractivity contribution in [1.82, 2.24) is 5.32 Å². The summed E-state index contributed by atoms with van der Waals surface area (Å²) in [4.78, 5) is 33.1. The number of aliphatic carboxylic acids is 1. The third-order valence-corrected chi connectivity index (χ3v) is 2.38. The summed E-state index contributed by atoms with van der Waals surface area (Å²) < 4.78 is 13.3. The van der Waals surface area contributed by atoms with Gasteiger partial charge in [-0.2, -0.15) is 5.26 Å². The quantitative estimate of drug-likeness (QED) is 0.610. The first kappa shape index (κ1) is 15.9. The summed E-state index contributed by atoms with van der Waals surface area (Å²) in [6.45, 7) is 0. The molecule has 1 rings (SSSR count). The van der Waals surface area contributed by atoms with Crippen LogP contribution in [-0.4, -0.2) is 29.1 Å². The number of anilines is 1. The van der Waals surface area contributed by atoms with Crippen molar-refractivity contribution < 1.29 is 23.9 Å². The van der Waals surface area contributed by atoms with E-state index in [0.717, 1.165) is 6.07 Å². The van der Waals surface area contributed by atoms with Gasteiger partial charge in [-0.3, -0.25) is 4.79 Å². The Kier molecular flexibility index (Phi) is 5.19. The number of carbonyl (C=O) groups excluding carboxylic acids is 2. The molecule has 0 saturated heterocycles. The number of carboxylic acids is 1. The monoisotopic (exact) mass is 294 g/mol. The number of nitrogens with one attached hydrogen (secondary N) is 2. The van der Waals surface area contributed by atoms with E-state index in [2.05, 4.69) is 5.32 Å². The molecule has 3 amide bonds. The van der Waals surface area contributed by atoms with Gasteiger partial charge in [-0.1, -0.05) is 6.07 Å². The smallest absolute Gasteiger partial charge is 0.326 e. The second-order valence-corrected chi connectivity index (χ2v) is 3.93. The lowest BCUT2D eigenvalue weighted by molar-refractivity contribution is -0.140. The number of nitrogens with zero attached hydrogens (tertiary/aromatic N) is 1. The van der Waals surface area contributed by atoms with Crippen molar-refractivity contribution in [3.8, 4) is 6.07 Å². The maximum Gasteiger partial charge on any atom is 0.326 e. The van der Waals surface area contributed by atoms with Gasteiger partial charge in [0.15, 0.2) is 0 Å². The number of hydrogen-bond donors (Lipinski definition) is 4. The van der Waals surface area contributed by atoms with Gasteiger partial charge in [0.2, 0.25) is 5.91 Å². The van der Waals surface area contributed by atoms with E-state index < -0.39 is 41.8 Å². The number of carbonyl (C=O) groups is 3. The minimum absolute atomic E-state index is 0.127. The third kappa shape index (κ3) is 4.46. The van der Waals surface area contributed by atoms with Gasteiger partial charge >= 0.3 is 12.0 Å². The molecule has 110 valence electrons. The molecule has 0 aliphatic carbocycles. The van der Waals surface area contributed by atoms with Crippen molar-refractivity contribution in [3.05, 3.63) is 29.6 Å².